The number of aliphatic hydroxyl groups is 1. The summed E-state index contributed by atoms with van der Waals surface area (Å²) in [5, 5.41) is 35.1. The molecule has 0 amide bonds. The Hall–Kier alpha value is 0.210. The summed E-state index contributed by atoms with van der Waals surface area (Å²) in [6.07, 6.45) is -2.72. The molecule has 0 aliphatic heterocycles. The normalized spacial score (nSPS) is 10.5. The molecule has 0 aromatic carbocycles. The van der Waals surface area contributed by atoms with Crippen LogP contribution in [0.3, 0.4) is 0 Å². The molecule has 0 fully saturated rings. The fraction of sp³-hybridized carbons (Fsp3) is 0.500. The molecular formula is C6H6CaCl2O7. The van der Waals surface area contributed by atoms with E-state index in [4.69, 9.17) is 33.4 Å². The number of carboxylic acids is 3. The average molecular weight is 301 g/mol. The first-order chi connectivity index (χ1) is 6.68. The Morgan fingerprint density at radius 1 is 1.12 bits per heavy atom. The second-order valence-corrected chi connectivity index (χ2v) is 3.15. The summed E-state index contributed by atoms with van der Waals surface area (Å²) in [6, 6.07) is 0. The number of rotatable bonds is 4. The Labute approximate surface area is 130 Å². The first-order valence-electron chi connectivity index (χ1n) is 3.28. The number of hydrogen-bond acceptors (Lipinski definition) is 6. The Bertz CT molecular complexity index is 245. The molecule has 88 valence electrons. The van der Waals surface area contributed by atoms with Crippen LogP contribution in [0.2, 0.25) is 0 Å². The molecule has 0 spiro atoms. The second kappa shape index (κ2) is 11.7. The van der Waals surface area contributed by atoms with Crippen LogP contribution in [0.4, 0.5) is 0 Å². The van der Waals surface area contributed by atoms with Gasteiger partial charge in [0.25, 0.3) is 0 Å². The number of carbonyl (C=O) groups excluding carboxylic acids is 2. The first-order valence-corrected chi connectivity index (χ1v) is 4.15. The van der Waals surface area contributed by atoms with Crippen LogP contribution < -0.4 is 10.2 Å². The predicted octanol–water partition coefficient (Wildman–Crippen LogP) is -3.27. The molecule has 7 nitrogen and oxygen atoms in total. The Balaban J connectivity index is -0.000000214. The molecule has 0 bridgehead atoms. The summed E-state index contributed by atoms with van der Waals surface area (Å²) in [5.74, 6) is -4.59. The summed E-state index contributed by atoms with van der Waals surface area (Å²) in [6.45, 7) is 0. The molecule has 0 aliphatic carbocycles. The number of halogens is 2. The van der Waals surface area contributed by atoms with E-state index in [9.17, 15) is 24.6 Å². The minimum Gasteiger partial charge on any atom is -0.547 e. The van der Waals surface area contributed by atoms with Crippen molar-refractivity contribution in [3.8, 4) is 0 Å². The molecule has 0 saturated carbocycles. The molecule has 0 heterocycles. The third-order valence-electron chi connectivity index (χ3n) is 0.818. The molecule has 1 unspecified atom stereocenters. The molecule has 0 aromatic heterocycles. The number of carboxylic acid groups (broad SMARTS) is 3. The zero-order valence-corrected chi connectivity index (χ0v) is 11.5. The van der Waals surface area contributed by atoms with Crippen molar-refractivity contribution in [3.63, 3.8) is 0 Å². The van der Waals surface area contributed by atoms with Crippen LogP contribution in [0, 0.1) is 0 Å². The predicted molar refractivity (Wildman–Crippen MR) is 49.5 cm³/mol. The fourth-order valence-corrected chi connectivity index (χ4v) is 0.249. The van der Waals surface area contributed by atoms with Crippen molar-refractivity contribution in [1.29, 1.82) is 0 Å². The zero-order valence-electron chi connectivity index (χ0n) is 7.76. The Morgan fingerprint density at radius 3 is 1.50 bits per heavy atom. The van der Waals surface area contributed by atoms with Gasteiger partial charge in [-0.2, -0.15) is 0 Å². The van der Waals surface area contributed by atoms with E-state index >= 15 is 0 Å². The summed E-state index contributed by atoms with van der Waals surface area (Å²) in [5.41, 5.74) is 0. The number of aliphatic carboxylic acids is 3. The van der Waals surface area contributed by atoms with Gasteiger partial charge in [-0.25, -0.2) is 0 Å². The third-order valence-corrected chi connectivity index (χ3v) is 1.17. The Kier molecular flexibility index (Phi) is 15.7. The quantitative estimate of drug-likeness (QED) is 0.410. The van der Waals surface area contributed by atoms with E-state index in [0.717, 1.165) is 0 Å². The van der Waals surface area contributed by atoms with Crippen molar-refractivity contribution in [2.45, 2.75) is 17.4 Å². The number of alkyl halides is 2. The molecule has 1 atom stereocenters. The number of aliphatic hydroxyl groups excluding tert-OH is 1. The van der Waals surface area contributed by atoms with Gasteiger partial charge in [0.1, 0.15) is 10.9 Å². The monoisotopic (exact) mass is 300 g/mol. The van der Waals surface area contributed by atoms with Crippen LogP contribution in [-0.2, 0) is 14.4 Å². The minimum atomic E-state index is -1.90. The summed E-state index contributed by atoms with van der Waals surface area (Å²) < 4.78 is 0. The smallest absolute Gasteiger partial charge is 0.547 e. The van der Waals surface area contributed by atoms with E-state index in [2.05, 4.69) is 0 Å². The van der Waals surface area contributed by atoms with E-state index in [0.29, 0.717) is 0 Å². The molecule has 0 rings (SSSR count). The minimum absolute atomic E-state index is 0. The summed E-state index contributed by atoms with van der Waals surface area (Å²) in [7, 11) is 0. The number of carbonyl (C=O) groups is 3. The van der Waals surface area contributed by atoms with Gasteiger partial charge in [-0.15, -0.1) is 0 Å². The van der Waals surface area contributed by atoms with Gasteiger partial charge in [-0.05, 0) is 0 Å². The first kappa shape index (κ1) is 21.5. The maximum atomic E-state index is 9.66. The van der Waals surface area contributed by atoms with Gasteiger partial charge in [-0.3, -0.25) is 4.79 Å². The molecule has 2 N–H and O–H groups in total. The standard InChI is InChI=1S/C4H6O5.C2H2Cl2O2.Ca/c5-2(4(8)9)1-3(6)7;3-1(4)2(5)6;/h2,5H,1H2,(H,6,7)(H,8,9);1H,(H,5,6);/q;;+2/p-2. The molecule has 0 aliphatic rings. The van der Waals surface area contributed by atoms with Crippen LogP contribution >= 0.6 is 23.2 Å². The molecule has 10 heteroatoms. The average Bonchev–Trinajstić information content (AvgIpc) is 2.03. The molecular weight excluding hydrogens is 295 g/mol. The van der Waals surface area contributed by atoms with Gasteiger partial charge in [0, 0.05) is 0 Å². The SMILES string of the molecule is O=C(O)CC(O)C(=O)[O-].O=C([O-])C(Cl)Cl.[Ca+2]. The maximum absolute atomic E-state index is 9.66. The van der Waals surface area contributed by atoms with Crippen LogP contribution in [0.25, 0.3) is 0 Å². The van der Waals surface area contributed by atoms with E-state index in [1.165, 1.54) is 0 Å². The van der Waals surface area contributed by atoms with Crippen molar-refractivity contribution in [2.24, 2.45) is 0 Å². The van der Waals surface area contributed by atoms with E-state index in [1.54, 1.807) is 0 Å². The van der Waals surface area contributed by atoms with Crippen molar-refractivity contribution < 1.29 is 34.8 Å². The van der Waals surface area contributed by atoms with Gasteiger partial charge < -0.3 is 30.0 Å². The van der Waals surface area contributed by atoms with Crippen molar-refractivity contribution in [3.05, 3.63) is 0 Å². The van der Waals surface area contributed by atoms with E-state index < -0.39 is 35.3 Å². The van der Waals surface area contributed by atoms with Crippen LogP contribution in [0.1, 0.15) is 6.42 Å². The summed E-state index contributed by atoms with van der Waals surface area (Å²) >= 11 is 9.43. The van der Waals surface area contributed by atoms with Crippen molar-refractivity contribution in [2.75, 3.05) is 0 Å². The van der Waals surface area contributed by atoms with Gasteiger partial charge >= 0.3 is 43.7 Å². The van der Waals surface area contributed by atoms with Crippen LogP contribution in [-0.4, -0.2) is 76.8 Å². The van der Waals surface area contributed by atoms with Gasteiger partial charge in [0.05, 0.1) is 18.4 Å². The fourth-order valence-electron chi connectivity index (χ4n) is 0.249. The van der Waals surface area contributed by atoms with Crippen molar-refractivity contribution in [1.82, 2.24) is 0 Å². The van der Waals surface area contributed by atoms with E-state index in [1.807, 2.05) is 0 Å². The molecule has 0 radical (unpaired) electrons. The van der Waals surface area contributed by atoms with Crippen molar-refractivity contribution >= 4 is 78.8 Å². The van der Waals surface area contributed by atoms with Gasteiger partial charge in [-0.1, -0.05) is 23.2 Å². The third kappa shape index (κ3) is 16.6. The van der Waals surface area contributed by atoms with E-state index in [-0.39, 0.29) is 37.7 Å². The molecule has 0 saturated heterocycles. The zero-order chi connectivity index (χ0) is 12.6. The Morgan fingerprint density at radius 2 is 1.44 bits per heavy atom. The maximum Gasteiger partial charge on any atom is 2.00 e. The van der Waals surface area contributed by atoms with Gasteiger partial charge in [0.15, 0.2) is 0 Å². The largest absolute Gasteiger partial charge is 2.00 e. The van der Waals surface area contributed by atoms with Crippen LogP contribution in [0.5, 0.6) is 0 Å². The van der Waals surface area contributed by atoms with Crippen LogP contribution in [0.15, 0.2) is 0 Å². The topological polar surface area (TPSA) is 138 Å². The second-order valence-electron chi connectivity index (χ2n) is 2.05. The summed E-state index contributed by atoms with van der Waals surface area (Å²) in [4.78, 5) is 27.2. The number of hydrogen-bond donors (Lipinski definition) is 2. The van der Waals surface area contributed by atoms with Gasteiger partial charge in [0.2, 0.25) is 0 Å². The molecule has 0 aromatic rings. The molecule has 16 heavy (non-hydrogen) atoms.